The van der Waals surface area contributed by atoms with E-state index in [1.165, 1.54) is 0 Å². The molecule has 0 N–H and O–H groups in total. The van der Waals surface area contributed by atoms with E-state index in [2.05, 4.69) is 174 Å². The highest BCUT2D eigenvalue weighted by molar-refractivity contribution is 5.88. The Hall–Kier alpha value is -9.07. The molecule has 12 rings (SSSR count). The number of rotatable bonds is 9. The summed E-state index contributed by atoms with van der Waals surface area (Å²) >= 11 is 0. The molecule has 322 valence electrons. The minimum absolute atomic E-state index is 0.275. The van der Waals surface area contributed by atoms with E-state index in [-0.39, 0.29) is 12.2 Å². The van der Waals surface area contributed by atoms with Gasteiger partial charge in [-0.05, 0) is 122 Å². The largest absolute Gasteiger partial charge is 0.478 e. The molecule has 0 spiro atoms. The number of aromatic nitrogens is 5. The molecule has 2 aliphatic rings. The second kappa shape index (κ2) is 17.7. The number of hydrogen-bond acceptors (Lipinski definition) is 7. The molecule has 3 aromatic heterocycles. The molecule has 4 heterocycles. The molecule has 7 heteroatoms. The van der Waals surface area contributed by atoms with Crippen molar-refractivity contribution in [1.29, 1.82) is 0 Å². The Labute approximate surface area is 394 Å². The van der Waals surface area contributed by atoms with Crippen molar-refractivity contribution in [1.82, 2.24) is 24.9 Å². The number of hydrogen-bond donors (Lipinski definition) is 0. The van der Waals surface area contributed by atoms with Gasteiger partial charge in [0, 0.05) is 52.6 Å². The number of benzene rings is 7. The van der Waals surface area contributed by atoms with Crippen LogP contribution in [0.15, 0.2) is 237 Å². The van der Waals surface area contributed by atoms with Crippen LogP contribution in [0.3, 0.4) is 0 Å². The number of fused-ring (bicyclic) bond motifs is 2. The quantitative estimate of drug-likeness (QED) is 0.143. The minimum Gasteiger partial charge on any atom is -0.478 e. The zero-order valence-electron chi connectivity index (χ0n) is 36.7. The third kappa shape index (κ3) is 8.03. The first-order chi connectivity index (χ1) is 33.7. The molecule has 0 saturated heterocycles. The fraction of sp³-hybridized carbons (Fsp3) is 0.0328. The Bertz CT molecular complexity index is 3310. The van der Waals surface area contributed by atoms with Crippen LogP contribution in [-0.4, -0.2) is 37.1 Å². The maximum Gasteiger partial charge on any atom is 0.170 e. The SMILES string of the molecule is C1=CC2Oc3c(-c4ccc(-c5nc(-c6ccc(-c7ccccc7)cc6)nc(-c6ccc(-c7ccccc7)cc6)n5)cc4)ccc(-c4cc(-c5ccncc5)cc(-c5ccncc5)c4)c3OC2C=C1. The van der Waals surface area contributed by atoms with Gasteiger partial charge in [0.05, 0.1) is 0 Å². The summed E-state index contributed by atoms with van der Waals surface area (Å²) in [7, 11) is 0. The Kier molecular flexibility index (Phi) is 10.5. The molecule has 0 fully saturated rings. The first kappa shape index (κ1) is 40.4. The van der Waals surface area contributed by atoms with E-state index in [1.807, 2.05) is 73.3 Å². The standard InChI is InChI=1S/C61H41N5O2/c1-3-9-40(10-4-1)42-15-21-47(22-16-42)59-64-60(48-23-17-43(18-24-48)41-11-5-2-6-12-41)66-61(65-59)49-25-19-46(20-26-49)53-27-28-54(58-57(53)67-55-13-7-8-14-56(55)68-58)52-38-50(44-29-33-62-34-30-44)37-51(39-52)45-31-35-63-36-32-45/h1-39,55-56H. The minimum atomic E-state index is -0.276. The van der Waals surface area contributed by atoms with E-state index in [9.17, 15) is 0 Å². The van der Waals surface area contributed by atoms with Crippen LogP contribution in [0.5, 0.6) is 11.5 Å². The summed E-state index contributed by atoms with van der Waals surface area (Å²) in [5.41, 5.74) is 15.3. The van der Waals surface area contributed by atoms with Crippen LogP contribution >= 0.6 is 0 Å². The highest BCUT2D eigenvalue weighted by atomic mass is 16.6. The van der Waals surface area contributed by atoms with Crippen LogP contribution in [0.25, 0.3) is 101 Å². The molecule has 0 amide bonds. The summed E-state index contributed by atoms with van der Waals surface area (Å²) in [6.07, 6.45) is 14.9. The molecule has 1 aliphatic carbocycles. The van der Waals surface area contributed by atoms with Gasteiger partial charge in [-0.25, -0.2) is 15.0 Å². The molecule has 0 saturated carbocycles. The van der Waals surface area contributed by atoms with E-state index in [4.69, 9.17) is 24.4 Å². The van der Waals surface area contributed by atoms with Crippen molar-refractivity contribution in [2.75, 3.05) is 0 Å². The molecule has 7 aromatic carbocycles. The van der Waals surface area contributed by atoms with Gasteiger partial charge in [0.25, 0.3) is 0 Å². The van der Waals surface area contributed by atoms with Crippen LogP contribution in [0.2, 0.25) is 0 Å². The van der Waals surface area contributed by atoms with E-state index in [0.29, 0.717) is 29.0 Å². The van der Waals surface area contributed by atoms with Crippen molar-refractivity contribution in [3.8, 4) is 112 Å². The van der Waals surface area contributed by atoms with Crippen LogP contribution < -0.4 is 9.47 Å². The lowest BCUT2D eigenvalue weighted by molar-refractivity contribution is 0.0769. The first-order valence-electron chi connectivity index (χ1n) is 22.7. The summed E-state index contributed by atoms with van der Waals surface area (Å²) in [4.78, 5) is 23.8. The topological polar surface area (TPSA) is 82.9 Å². The van der Waals surface area contributed by atoms with Gasteiger partial charge in [0.2, 0.25) is 0 Å². The number of nitrogens with zero attached hydrogens (tertiary/aromatic N) is 5. The van der Waals surface area contributed by atoms with Crippen molar-refractivity contribution >= 4 is 0 Å². The van der Waals surface area contributed by atoms with Gasteiger partial charge in [-0.2, -0.15) is 0 Å². The smallest absolute Gasteiger partial charge is 0.170 e. The first-order valence-corrected chi connectivity index (χ1v) is 22.7. The van der Waals surface area contributed by atoms with Crippen molar-refractivity contribution in [3.63, 3.8) is 0 Å². The molecule has 2 unspecified atom stereocenters. The molecule has 0 bridgehead atoms. The monoisotopic (exact) mass is 875 g/mol. The summed E-state index contributed by atoms with van der Waals surface area (Å²) < 4.78 is 13.9. The normalized spacial score (nSPS) is 14.6. The lowest BCUT2D eigenvalue weighted by Gasteiger charge is -2.34. The Morgan fingerprint density at radius 2 is 0.603 bits per heavy atom. The van der Waals surface area contributed by atoms with Gasteiger partial charge < -0.3 is 9.47 Å². The summed E-state index contributed by atoms with van der Waals surface area (Å²) in [6.45, 7) is 0. The molecule has 68 heavy (non-hydrogen) atoms. The van der Waals surface area contributed by atoms with Crippen LogP contribution in [0, 0.1) is 0 Å². The fourth-order valence-electron chi connectivity index (χ4n) is 8.95. The molecule has 7 nitrogen and oxygen atoms in total. The van der Waals surface area contributed by atoms with E-state index in [1.54, 1.807) is 0 Å². The summed E-state index contributed by atoms with van der Waals surface area (Å²) in [6, 6.07) is 65.0. The predicted molar refractivity (Wildman–Crippen MR) is 271 cm³/mol. The predicted octanol–water partition coefficient (Wildman–Crippen LogP) is 14.3. The Balaban J connectivity index is 0.939. The van der Waals surface area contributed by atoms with Gasteiger partial charge in [0.1, 0.15) is 0 Å². The Morgan fingerprint density at radius 1 is 0.279 bits per heavy atom. The fourth-order valence-corrected chi connectivity index (χ4v) is 8.95. The van der Waals surface area contributed by atoms with Gasteiger partial charge in [-0.1, -0.05) is 146 Å². The molecule has 2 atom stereocenters. The number of ether oxygens (including phenoxy) is 2. The summed E-state index contributed by atoms with van der Waals surface area (Å²) in [5.74, 6) is 3.16. The lowest BCUT2D eigenvalue weighted by Crippen LogP contribution is -2.38. The second-order valence-corrected chi connectivity index (χ2v) is 16.8. The lowest BCUT2D eigenvalue weighted by atomic mass is 9.91. The van der Waals surface area contributed by atoms with E-state index in [0.717, 1.165) is 83.5 Å². The van der Waals surface area contributed by atoms with Crippen LogP contribution in [0.1, 0.15) is 0 Å². The average Bonchev–Trinajstić information content (AvgIpc) is 3.43. The van der Waals surface area contributed by atoms with E-state index >= 15 is 0 Å². The Morgan fingerprint density at radius 3 is 1.01 bits per heavy atom. The molecule has 10 aromatic rings. The zero-order chi connectivity index (χ0) is 45.2. The third-order valence-corrected chi connectivity index (χ3v) is 12.5. The summed E-state index contributed by atoms with van der Waals surface area (Å²) in [5, 5.41) is 0. The van der Waals surface area contributed by atoms with Gasteiger partial charge in [0.15, 0.2) is 41.2 Å². The molecule has 0 radical (unpaired) electrons. The molecular formula is C61H41N5O2. The third-order valence-electron chi connectivity index (χ3n) is 12.5. The van der Waals surface area contributed by atoms with Gasteiger partial charge in [-0.15, -0.1) is 0 Å². The van der Waals surface area contributed by atoms with Crippen molar-refractivity contribution in [2.45, 2.75) is 12.2 Å². The molecular weight excluding hydrogens is 835 g/mol. The number of allylic oxidation sites excluding steroid dienone is 2. The zero-order valence-corrected chi connectivity index (χ0v) is 36.7. The average molecular weight is 876 g/mol. The highest BCUT2D eigenvalue weighted by Gasteiger charge is 2.33. The number of pyridine rings is 2. The van der Waals surface area contributed by atoms with E-state index < -0.39 is 0 Å². The van der Waals surface area contributed by atoms with Gasteiger partial charge >= 0.3 is 0 Å². The highest BCUT2D eigenvalue weighted by Crippen LogP contribution is 2.50. The molecule has 1 aliphatic heterocycles. The van der Waals surface area contributed by atoms with Crippen molar-refractivity contribution in [2.24, 2.45) is 0 Å². The maximum absolute atomic E-state index is 6.93. The van der Waals surface area contributed by atoms with Gasteiger partial charge in [-0.3, -0.25) is 9.97 Å². The van der Waals surface area contributed by atoms with Crippen molar-refractivity contribution < 1.29 is 9.47 Å². The second-order valence-electron chi connectivity index (χ2n) is 16.8. The van der Waals surface area contributed by atoms with Crippen LogP contribution in [0.4, 0.5) is 0 Å². The van der Waals surface area contributed by atoms with Crippen LogP contribution in [-0.2, 0) is 0 Å². The van der Waals surface area contributed by atoms with Crippen molar-refractivity contribution in [3.05, 3.63) is 237 Å². The maximum atomic E-state index is 6.93.